The van der Waals surface area contributed by atoms with Crippen molar-refractivity contribution in [3.63, 3.8) is 0 Å². The van der Waals surface area contributed by atoms with Gasteiger partial charge in [0.1, 0.15) is 0 Å². The summed E-state index contributed by atoms with van der Waals surface area (Å²) in [5, 5.41) is 1.37. The number of H-pyrrole nitrogens is 1. The highest BCUT2D eigenvalue weighted by molar-refractivity contribution is 5.88. The van der Waals surface area contributed by atoms with Gasteiger partial charge in [0.2, 0.25) is 5.91 Å². The summed E-state index contributed by atoms with van der Waals surface area (Å²) in [6, 6.07) is 6.99. The molecule has 0 bridgehead atoms. The van der Waals surface area contributed by atoms with Gasteiger partial charge in [-0.1, -0.05) is 19.1 Å². The minimum atomic E-state index is -0.0309. The summed E-state index contributed by atoms with van der Waals surface area (Å²) in [6.45, 7) is 4.05. The fourth-order valence-corrected chi connectivity index (χ4v) is 4.65. The summed E-state index contributed by atoms with van der Waals surface area (Å²) in [5.74, 6) is 5.76. The number of rotatable bonds is 3. The van der Waals surface area contributed by atoms with Crippen LogP contribution in [0.3, 0.4) is 0 Å². The molecule has 0 spiro atoms. The first-order valence-electron chi connectivity index (χ1n) is 8.56. The summed E-state index contributed by atoms with van der Waals surface area (Å²) in [7, 11) is 0. The number of hydrazine groups is 1. The number of aromatic nitrogens is 1. The monoisotopic (exact) mass is 312 g/mol. The van der Waals surface area contributed by atoms with Gasteiger partial charge in [-0.15, -0.1) is 0 Å². The SMILES string of the molecule is CCCN1CC(C(=O)NN)C[C@@H]2c3cccc4[nH]cc(c34)C[C@H]21. The molecule has 1 amide bonds. The molecular weight excluding hydrogens is 288 g/mol. The number of amides is 1. The number of hydrogen-bond donors (Lipinski definition) is 3. The molecule has 0 radical (unpaired) electrons. The number of likely N-dealkylation sites (tertiary alicyclic amines) is 1. The van der Waals surface area contributed by atoms with Crippen molar-refractivity contribution in [2.45, 2.75) is 38.1 Å². The van der Waals surface area contributed by atoms with Crippen LogP contribution in [0.5, 0.6) is 0 Å². The number of nitrogens with one attached hydrogen (secondary N) is 2. The summed E-state index contributed by atoms with van der Waals surface area (Å²) >= 11 is 0. The second kappa shape index (κ2) is 5.65. The second-order valence-electron chi connectivity index (χ2n) is 6.90. The predicted octanol–water partition coefficient (Wildman–Crippen LogP) is 1.90. The molecule has 4 N–H and O–H groups in total. The number of benzene rings is 1. The zero-order chi connectivity index (χ0) is 16.0. The fourth-order valence-electron chi connectivity index (χ4n) is 4.65. The fraction of sp³-hybridized carbons (Fsp3) is 0.500. The van der Waals surface area contributed by atoms with E-state index in [2.05, 4.69) is 46.6 Å². The number of piperidine rings is 1. The Balaban J connectivity index is 1.77. The third-order valence-electron chi connectivity index (χ3n) is 5.60. The van der Waals surface area contributed by atoms with Crippen LogP contribution in [0.1, 0.15) is 36.8 Å². The number of nitrogens with zero attached hydrogens (tertiary/aromatic N) is 1. The van der Waals surface area contributed by atoms with E-state index >= 15 is 0 Å². The summed E-state index contributed by atoms with van der Waals surface area (Å²) in [6.07, 6.45) is 5.22. The number of nitrogens with two attached hydrogens (primary N) is 1. The first-order valence-corrected chi connectivity index (χ1v) is 8.56. The van der Waals surface area contributed by atoms with Crippen molar-refractivity contribution in [1.82, 2.24) is 15.3 Å². The van der Waals surface area contributed by atoms with E-state index in [1.165, 1.54) is 22.0 Å². The topological polar surface area (TPSA) is 74.2 Å². The van der Waals surface area contributed by atoms with Crippen LogP contribution >= 0.6 is 0 Å². The molecule has 23 heavy (non-hydrogen) atoms. The molecule has 122 valence electrons. The van der Waals surface area contributed by atoms with Gasteiger partial charge < -0.3 is 4.98 Å². The minimum absolute atomic E-state index is 0.0245. The normalized spacial score (nSPS) is 27.0. The molecule has 0 saturated carbocycles. The standard InChI is InChI=1S/C18H24N4O/c1-2-6-22-10-12(18(23)21-19)7-14-13-4-3-5-15-17(13)11(9-20-15)8-16(14)22/h3-5,9,12,14,16,20H,2,6-8,10,19H2,1H3,(H,21,23)/t12?,14-,16-/m1/s1. The molecule has 4 rings (SSSR count). The lowest BCUT2D eigenvalue weighted by atomic mass is 9.72. The Morgan fingerprint density at radius 2 is 2.35 bits per heavy atom. The van der Waals surface area contributed by atoms with E-state index in [1.807, 2.05) is 0 Å². The van der Waals surface area contributed by atoms with E-state index in [4.69, 9.17) is 5.84 Å². The number of aromatic amines is 1. The number of carbonyl (C=O) groups excluding carboxylic acids is 1. The first-order chi connectivity index (χ1) is 11.2. The van der Waals surface area contributed by atoms with Crippen molar-refractivity contribution in [3.05, 3.63) is 35.5 Å². The maximum absolute atomic E-state index is 12.2. The first kappa shape index (κ1) is 14.7. The Morgan fingerprint density at radius 1 is 1.48 bits per heavy atom. The second-order valence-corrected chi connectivity index (χ2v) is 6.90. The Kier molecular flexibility index (Phi) is 3.62. The molecule has 1 aliphatic carbocycles. The van der Waals surface area contributed by atoms with Crippen molar-refractivity contribution < 1.29 is 4.79 Å². The van der Waals surface area contributed by atoms with Crippen molar-refractivity contribution in [2.75, 3.05) is 13.1 Å². The van der Waals surface area contributed by atoms with Crippen LogP contribution < -0.4 is 11.3 Å². The summed E-state index contributed by atoms with van der Waals surface area (Å²) < 4.78 is 0. The number of hydrogen-bond acceptors (Lipinski definition) is 3. The lowest BCUT2D eigenvalue weighted by Crippen LogP contribution is -2.53. The van der Waals surface area contributed by atoms with Crippen LogP contribution in [-0.4, -0.2) is 34.9 Å². The van der Waals surface area contributed by atoms with Crippen molar-refractivity contribution >= 4 is 16.8 Å². The molecule has 3 atom stereocenters. The lowest BCUT2D eigenvalue weighted by molar-refractivity contribution is -0.127. The molecule has 1 aromatic carbocycles. The third-order valence-corrected chi connectivity index (χ3v) is 5.60. The van der Waals surface area contributed by atoms with E-state index in [0.717, 1.165) is 32.4 Å². The Bertz CT molecular complexity index is 738. The van der Waals surface area contributed by atoms with Gasteiger partial charge in [-0.05, 0) is 43.0 Å². The summed E-state index contributed by atoms with van der Waals surface area (Å²) in [4.78, 5) is 18.1. The maximum atomic E-state index is 12.2. The Morgan fingerprint density at radius 3 is 3.13 bits per heavy atom. The van der Waals surface area contributed by atoms with Gasteiger partial charge in [0.05, 0.1) is 5.92 Å². The molecule has 5 heteroatoms. The van der Waals surface area contributed by atoms with Gasteiger partial charge in [-0.2, -0.15) is 0 Å². The molecule has 2 aromatic rings. The molecule has 2 heterocycles. The Hall–Kier alpha value is -1.85. The van der Waals surface area contributed by atoms with E-state index in [0.29, 0.717) is 12.0 Å². The number of fused-ring (bicyclic) bond motifs is 2. The van der Waals surface area contributed by atoms with Gasteiger partial charge in [-0.3, -0.25) is 15.1 Å². The van der Waals surface area contributed by atoms with Gasteiger partial charge in [0.25, 0.3) is 0 Å². The van der Waals surface area contributed by atoms with Gasteiger partial charge in [-0.25, -0.2) is 5.84 Å². The molecule has 1 saturated heterocycles. The molecule has 1 fully saturated rings. The molecule has 1 unspecified atom stereocenters. The van der Waals surface area contributed by atoms with Crippen LogP contribution in [0.25, 0.3) is 10.9 Å². The largest absolute Gasteiger partial charge is 0.361 e. The highest BCUT2D eigenvalue weighted by atomic mass is 16.2. The zero-order valence-corrected chi connectivity index (χ0v) is 13.5. The van der Waals surface area contributed by atoms with Crippen LogP contribution in [-0.2, 0) is 11.2 Å². The van der Waals surface area contributed by atoms with E-state index in [9.17, 15) is 4.79 Å². The van der Waals surface area contributed by atoms with E-state index in [-0.39, 0.29) is 11.8 Å². The van der Waals surface area contributed by atoms with Gasteiger partial charge in [0, 0.05) is 35.6 Å². The Labute approximate surface area is 136 Å². The zero-order valence-electron chi connectivity index (χ0n) is 13.5. The van der Waals surface area contributed by atoms with Gasteiger partial charge >= 0.3 is 0 Å². The van der Waals surface area contributed by atoms with Crippen molar-refractivity contribution in [2.24, 2.45) is 11.8 Å². The minimum Gasteiger partial charge on any atom is -0.361 e. The summed E-state index contributed by atoms with van der Waals surface area (Å²) in [5.41, 5.74) is 6.38. The maximum Gasteiger partial charge on any atom is 0.238 e. The lowest BCUT2D eigenvalue weighted by Gasteiger charge is -2.46. The predicted molar refractivity (Wildman–Crippen MR) is 90.8 cm³/mol. The smallest absolute Gasteiger partial charge is 0.238 e. The van der Waals surface area contributed by atoms with Crippen molar-refractivity contribution in [3.8, 4) is 0 Å². The molecule has 5 nitrogen and oxygen atoms in total. The average molecular weight is 312 g/mol. The molecular formula is C18H24N4O. The number of carbonyl (C=O) groups is 1. The third kappa shape index (κ3) is 2.26. The van der Waals surface area contributed by atoms with Crippen LogP contribution in [0, 0.1) is 5.92 Å². The average Bonchev–Trinajstić information content (AvgIpc) is 2.99. The van der Waals surface area contributed by atoms with Gasteiger partial charge in [0.15, 0.2) is 0 Å². The van der Waals surface area contributed by atoms with E-state index < -0.39 is 0 Å². The van der Waals surface area contributed by atoms with Crippen molar-refractivity contribution in [1.29, 1.82) is 0 Å². The van der Waals surface area contributed by atoms with Crippen LogP contribution in [0.2, 0.25) is 0 Å². The highest BCUT2D eigenvalue weighted by Crippen LogP contribution is 2.44. The molecule has 2 aliphatic rings. The highest BCUT2D eigenvalue weighted by Gasteiger charge is 2.42. The molecule has 1 aromatic heterocycles. The van der Waals surface area contributed by atoms with Crippen LogP contribution in [0.4, 0.5) is 0 Å². The molecule has 1 aliphatic heterocycles. The quantitative estimate of drug-likeness (QED) is 0.460. The van der Waals surface area contributed by atoms with E-state index in [1.54, 1.807) is 0 Å². The van der Waals surface area contributed by atoms with Crippen LogP contribution in [0.15, 0.2) is 24.4 Å².